The molecule has 0 aliphatic heterocycles. The molecule has 0 aliphatic rings. The van der Waals surface area contributed by atoms with Gasteiger partial charge in [-0.3, -0.25) is 19.5 Å². The Kier molecular flexibility index (Phi) is 6.42. The largest absolute Gasteiger partial charge is 0.326 e. The molecule has 0 fully saturated rings. The summed E-state index contributed by atoms with van der Waals surface area (Å²) in [6.45, 7) is 5.12. The number of aromatic nitrogens is 2. The average Bonchev–Trinajstić information content (AvgIpc) is 2.65. The van der Waals surface area contributed by atoms with E-state index in [0.717, 1.165) is 11.4 Å². The normalized spacial score (nSPS) is 10.6. The molecule has 0 saturated heterocycles. The van der Waals surface area contributed by atoms with Crippen LogP contribution in [-0.2, 0) is 16.0 Å². The summed E-state index contributed by atoms with van der Waals surface area (Å²) in [6.07, 6.45) is 1.41. The highest BCUT2D eigenvalue weighted by Crippen LogP contribution is 2.27. The first-order chi connectivity index (χ1) is 14.2. The second kappa shape index (κ2) is 9.00. The highest BCUT2D eigenvalue weighted by Gasteiger charge is 2.18. The van der Waals surface area contributed by atoms with Crippen LogP contribution in [0, 0.1) is 19.7 Å². The van der Waals surface area contributed by atoms with Gasteiger partial charge in [0.05, 0.1) is 17.1 Å². The van der Waals surface area contributed by atoms with E-state index in [2.05, 4.69) is 15.3 Å². The fourth-order valence-electron chi connectivity index (χ4n) is 3.10. The van der Waals surface area contributed by atoms with Crippen LogP contribution < -0.4 is 10.2 Å². The van der Waals surface area contributed by atoms with Gasteiger partial charge in [-0.05, 0) is 43.7 Å². The van der Waals surface area contributed by atoms with Crippen molar-refractivity contribution < 1.29 is 14.0 Å². The van der Waals surface area contributed by atoms with Gasteiger partial charge in [-0.15, -0.1) is 0 Å². The first kappa shape index (κ1) is 21.4. The fraction of sp³-hybridized carbons (Fsp3) is 0.182. The maximum atomic E-state index is 13.6. The Hall–Kier alpha value is -3.32. The van der Waals surface area contributed by atoms with Gasteiger partial charge in [0, 0.05) is 36.3 Å². The number of carbonyl (C=O) groups is 2. The summed E-state index contributed by atoms with van der Waals surface area (Å²) >= 11 is 5.92. The Balaban J connectivity index is 1.84. The Morgan fingerprint density at radius 3 is 2.50 bits per heavy atom. The number of benzene rings is 1. The molecule has 6 nitrogen and oxygen atoms in total. The number of halogens is 2. The number of anilines is 3. The molecular weight excluding hydrogens is 407 g/mol. The molecule has 0 bridgehead atoms. The molecule has 8 heteroatoms. The molecule has 1 aromatic carbocycles. The zero-order valence-corrected chi connectivity index (χ0v) is 17.5. The van der Waals surface area contributed by atoms with Crippen molar-refractivity contribution in [3.05, 3.63) is 76.5 Å². The Labute approximate surface area is 178 Å². The number of amides is 2. The summed E-state index contributed by atoms with van der Waals surface area (Å²) in [4.78, 5) is 34.8. The van der Waals surface area contributed by atoms with Crippen LogP contribution >= 0.6 is 11.6 Å². The van der Waals surface area contributed by atoms with Crippen molar-refractivity contribution in [2.75, 3.05) is 10.2 Å². The van der Waals surface area contributed by atoms with Crippen molar-refractivity contribution in [2.45, 2.75) is 27.2 Å². The molecule has 0 saturated carbocycles. The van der Waals surface area contributed by atoms with Gasteiger partial charge < -0.3 is 5.32 Å². The predicted octanol–water partition coefficient (Wildman–Crippen LogP) is 4.75. The zero-order chi connectivity index (χ0) is 21.8. The van der Waals surface area contributed by atoms with Crippen LogP contribution in [0.15, 0.2) is 48.7 Å². The Morgan fingerprint density at radius 2 is 1.83 bits per heavy atom. The Bertz CT molecular complexity index is 1100. The van der Waals surface area contributed by atoms with E-state index in [9.17, 15) is 14.0 Å². The fourth-order valence-corrected chi connectivity index (χ4v) is 3.29. The van der Waals surface area contributed by atoms with E-state index in [4.69, 9.17) is 11.6 Å². The number of nitrogens with zero attached hydrogens (tertiary/aromatic N) is 3. The number of hydrogen-bond acceptors (Lipinski definition) is 4. The molecule has 0 spiro atoms. The molecular formula is C22H20ClFN4O2. The molecule has 0 aliphatic carbocycles. The SMILES string of the molecule is CC(=O)N(c1cc(C)nc(C)c1)c1cc(NC(=O)Cc2cccc(F)c2Cl)ccn1. The molecule has 3 aromatic rings. The zero-order valence-electron chi connectivity index (χ0n) is 16.7. The minimum absolute atomic E-state index is 0.0748. The minimum Gasteiger partial charge on any atom is -0.326 e. The molecule has 154 valence electrons. The first-order valence-corrected chi connectivity index (χ1v) is 9.57. The molecule has 2 amide bonds. The lowest BCUT2D eigenvalue weighted by Crippen LogP contribution is -2.24. The smallest absolute Gasteiger partial charge is 0.229 e. The van der Waals surface area contributed by atoms with E-state index in [0.29, 0.717) is 22.8 Å². The van der Waals surface area contributed by atoms with Gasteiger partial charge in [-0.2, -0.15) is 0 Å². The molecule has 0 unspecified atom stereocenters. The number of rotatable bonds is 5. The summed E-state index contributed by atoms with van der Waals surface area (Å²) in [5, 5.41) is 2.66. The van der Waals surface area contributed by atoms with Gasteiger partial charge in [-0.1, -0.05) is 23.7 Å². The standard InChI is InChI=1S/C22H20ClFN4O2/c1-13-9-18(10-14(2)26-13)28(15(3)29)20-12-17(7-8-25-20)27-21(30)11-16-5-4-6-19(24)22(16)23/h4-10,12H,11H2,1-3H3,(H,25,27,30). The van der Waals surface area contributed by atoms with E-state index >= 15 is 0 Å². The topological polar surface area (TPSA) is 75.2 Å². The summed E-state index contributed by atoms with van der Waals surface area (Å²) in [5.41, 5.74) is 3.01. The number of aryl methyl sites for hydroxylation is 2. The molecule has 3 rings (SSSR count). The van der Waals surface area contributed by atoms with E-state index in [1.54, 1.807) is 30.3 Å². The highest BCUT2D eigenvalue weighted by molar-refractivity contribution is 6.31. The number of carbonyl (C=O) groups excluding carboxylic acids is 2. The van der Waals surface area contributed by atoms with Gasteiger partial charge >= 0.3 is 0 Å². The molecule has 1 N–H and O–H groups in total. The lowest BCUT2D eigenvalue weighted by molar-refractivity contribution is -0.116. The van der Waals surface area contributed by atoms with E-state index in [1.165, 1.54) is 30.2 Å². The van der Waals surface area contributed by atoms with Crippen LogP contribution in [0.1, 0.15) is 23.9 Å². The van der Waals surface area contributed by atoms with Crippen LogP contribution in [-0.4, -0.2) is 21.8 Å². The Morgan fingerprint density at radius 1 is 1.13 bits per heavy atom. The third kappa shape index (κ3) is 4.99. The average molecular weight is 427 g/mol. The second-order valence-corrected chi connectivity index (χ2v) is 7.18. The van der Waals surface area contributed by atoms with Crippen molar-refractivity contribution in [3.63, 3.8) is 0 Å². The predicted molar refractivity (Wildman–Crippen MR) is 115 cm³/mol. The molecule has 0 atom stereocenters. The van der Waals surface area contributed by atoms with Crippen LogP contribution in [0.4, 0.5) is 21.6 Å². The van der Waals surface area contributed by atoms with Crippen molar-refractivity contribution in [1.82, 2.24) is 9.97 Å². The summed E-state index contributed by atoms with van der Waals surface area (Å²) < 4.78 is 13.6. The third-order valence-electron chi connectivity index (χ3n) is 4.28. The van der Waals surface area contributed by atoms with Gasteiger partial charge in [0.15, 0.2) is 0 Å². The van der Waals surface area contributed by atoms with E-state index < -0.39 is 5.82 Å². The van der Waals surface area contributed by atoms with Gasteiger partial charge in [-0.25, -0.2) is 9.37 Å². The van der Waals surface area contributed by atoms with Crippen molar-refractivity contribution in [1.29, 1.82) is 0 Å². The monoisotopic (exact) mass is 426 g/mol. The number of hydrogen-bond donors (Lipinski definition) is 1. The van der Waals surface area contributed by atoms with E-state index in [1.807, 2.05) is 13.8 Å². The molecule has 0 radical (unpaired) electrons. The molecule has 30 heavy (non-hydrogen) atoms. The highest BCUT2D eigenvalue weighted by atomic mass is 35.5. The van der Waals surface area contributed by atoms with Crippen LogP contribution in [0.5, 0.6) is 0 Å². The first-order valence-electron chi connectivity index (χ1n) is 9.19. The van der Waals surface area contributed by atoms with E-state index in [-0.39, 0.29) is 23.3 Å². The molecule has 2 heterocycles. The van der Waals surface area contributed by atoms with Crippen molar-refractivity contribution in [2.24, 2.45) is 0 Å². The lowest BCUT2D eigenvalue weighted by Gasteiger charge is -2.21. The van der Waals surface area contributed by atoms with Crippen molar-refractivity contribution >= 4 is 40.6 Å². The van der Waals surface area contributed by atoms with Crippen LogP contribution in [0.2, 0.25) is 5.02 Å². The van der Waals surface area contributed by atoms with Gasteiger partial charge in [0.1, 0.15) is 11.6 Å². The summed E-state index contributed by atoms with van der Waals surface area (Å²) in [5.74, 6) is -0.825. The lowest BCUT2D eigenvalue weighted by atomic mass is 10.1. The van der Waals surface area contributed by atoms with Gasteiger partial charge in [0.2, 0.25) is 11.8 Å². The van der Waals surface area contributed by atoms with Crippen LogP contribution in [0.25, 0.3) is 0 Å². The maximum absolute atomic E-state index is 13.6. The summed E-state index contributed by atoms with van der Waals surface area (Å²) in [7, 11) is 0. The van der Waals surface area contributed by atoms with Crippen molar-refractivity contribution in [3.8, 4) is 0 Å². The number of nitrogens with one attached hydrogen (secondary N) is 1. The second-order valence-electron chi connectivity index (χ2n) is 6.80. The molecule has 2 aromatic heterocycles. The van der Waals surface area contributed by atoms with Gasteiger partial charge in [0.25, 0.3) is 0 Å². The maximum Gasteiger partial charge on any atom is 0.229 e. The number of pyridine rings is 2. The summed E-state index contributed by atoms with van der Waals surface area (Å²) in [6, 6.07) is 11.1. The van der Waals surface area contributed by atoms with Crippen LogP contribution in [0.3, 0.4) is 0 Å². The minimum atomic E-state index is -0.576. The quantitative estimate of drug-likeness (QED) is 0.638. The third-order valence-corrected chi connectivity index (χ3v) is 4.70.